The number of nitrogens with one attached hydrogen (secondary N) is 1. The molecule has 0 aliphatic rings. The van der Waals surface area contributed by atoms with Gasteiger partial charge in [-0.1, -0.05) is 11.6 Å². The molecular weight excluding hydrogens is 238 g/mol. The van der Waals surface area contributed by atoms with Crippen LogP contribution in [-0.2, 0) is 10.0 Å². The molecule has 1 aromatic carbocycles. The van der Waals surface area contributed by atoms with E-state index in [0.717, 1.165) is 5.56 Å². The second-order valence-electron chi connectivity index (χ2n) is 2.96. The number of hydrogen-bond donors (Lipinski definition) is 1. The van der Waals surface area contributed by atoms with Crippen molar-refractivity contribution in [3.63, 3.8) is 0 Å². The lowest BCUT2D eigenvalue weighted by Crippen LogP contribution is -2.19. The van der Waals surface area contributed by atoms with Crippen LogP contribution in [0.1, 0.15) is 5.56 Å². The number of methoxy groups -OCH3 is 1. The van der Waals surface area contributed by atoms with E-state index in [0.29, 0.717) is 5.02 Å². The number of benzene rings is 1. The molecule has 6 heteroatoms. The van der Waals surface area contributed by atoms with Gasteiger partial charge in [0.15, 0.2) is 0 Å². The highest BCUT2D eigenvalue weighted by Gasteiger charge is 2.18. The highest BCUT2D eigenvalue weighted by molar-refractivity contribution is 7.89. The van der Waals surface area contributed by atoms with Crippen LogP contribution in [0.3, 0.4) is 0 Å². The average molecular weight is 250 g/mol. The highest BCUT2D eigenvalue weighted by Crippen LogP contribution is 2.29. The van der Waals surface area contributed by atoms with Gasteiger partial charge in [-0.05, 0) is 31.7 Å². The lowest BCUT2D eigenvalue weighted by Gasteiger charge is -2.10. The van der Waals surface area contributed by atoms with Crippen LogP contribution < -0.4 is 9.46 Å². The maximum Gasteiger partial charge on any atom is 0.244 e. The van der Waals surface area contributed by atoms with Gasteiger partial charge in [0.1, 0.15) is 10.6 Å². The molecule has 0 spiro atoms. The van der Waals surface area contributed by atoms with Crippen molar-refractivity contribution in [3.05, 3.63) is 22.7 Å². The summed E-state index contributed by atoms with van der Waals surface area (Å²) < 4.78 is 30.4. The Morgan fingerprint density at radius 2 is 2.00 bits per heavy atom. The normalized spacial score (nSPS) is 11.5. The first-order valence-electron chi connectivity index (χ1n) is 4.20. The summed E-state index contributed by atoms with van der Waals surface area (Å²) >= 11 is 5.86. The Hall–Kier alpha value is -0.780. The molecule has 84 valence electrons. The maximum atomic E-state index is 11.6. The van der Waals surface area contributed by atoms with E-state index >= 15 is 0 Å². The fourth-order valence-corrected chi connectivity index (χ4v) is 2.24. The fraction of sp³-hybridized carbons (Fsp3) is 0.333. The molecule has 15 heavy (non-hydrogen) atoms. The monoisotopic (exact) mass is 249 g/mol. The number of sulfonamides is 1. The van der Waals surface area contributed by atoms with Crippen molar-refractivity contribution >= 4 is 21.6 Å². The van der Waals surface area contributed by atoms with E-state index in [-0.39, 0.29) is 10.6 Å². The van der Waals surface area contributed by atoms with E-state index in [1.165, 1.54) is 20.2 Å². The molecule has 0 heterocycles. The summed E-state index contributed by atoms with van der Waals surface area (Å²) in [5.74, 6) is 0.284. The van der Waals surface area contributed by atoms with Crippen LogP contribution in [0.5, 0.6) is 5.75 Å². The van der Waals surface area contributed by atoms with Gasteiger partial charge in [-0.25, -0.2) is 13.1 Å². The van der Waals surface area contributed by atoms with Crippen LogP contribution in [-0.4, -0.2) is 22.6 Å². The van der Waals surface area contributed by atoms with Crippen LogP contribution in [0.2, 0.25) is 5.02 Å². The van der Waals surface area contributed by atoms with Crippen molar-refractivity contribution in [1.29, 1.82) is 0 Å². The van der Waals surface area contributed by atoms with Crippen LogP contribution >= 0.6 is 11.6 Å². The molecule has 0 amide bonds. The molecule has 0 aromatic heterocycles. The third kappa shape index (κ3) is 2.42. The average Bonchev–Trinajstić information content (AvgIpc) is 2.21. The molecule has 1 N–H and O–H groups in total. The van der Waals surface area contributed by atoms with Crippen molar-refractivity contribution in [2.24, 2.45) is 0 Å². The molecule has 0 atom stereocenters. The van der Waals surface area contributed by atoms with E-state index in [1.807, 2.05) is 0 Å². The molecule has 4 nitrogen and oxygen atoms in total. The Bertz CT molecular complexity index is 470. The molecule has 0 saturated carbocycles. The number of ether oxygens (including phenoxy) is 1. The summed E-state index contributed by atoms with van der Waals surface area (Å²) in [4.78, 5) is 0.0445. The summed E-state index contributed by atoms with van der Waals surface area (Å²) in [6.07, 6.45) is 0. The second-order valence-corrected chi connectivity index (χ2v) is 5.22. The number of halogens is 1. The van der Waals surface area contributed by atoms with Gasteiger partial charge in [0.05, 0.1) is 7.11 Å². The minimum Gasteiger partial charge on any atom is -0.495 e. The van der Waals surface area contributed by atoms with Gasteiger partial charge in [0.2, 0.25) is 10.0 Å². The predicted molar refractivity (Wildman–Crippen MR) is 59.0 cm³/mol. The molecule has 0 radical (unpaired) electrons. The summed E-state index contributed by atoms with van der Waals surface area (Å²) in [6, 6.07) is 2.97. The Morgan fingerprint density at radius 3 is 2.47 bits per heavy atom. The van der Waals surface area contributed by atoms with Crippen LogP contribution in [0.15, 0.2) is 17.0 Å². The molecule has 0 saturated heterocycles. The maximum absolute atomic E-state index is 11.6. The minimum absolute atomic E-state index is 0.0445. The highest BCUT2D eigenvalue weighted by atomic mass is 35.5. The van der Waals surface area contributed by atoms with Crippen molar-refractivity contribution in [1.82, 2.24) is 4.72 Å². The lowest BCUT2D eigenvalue weighted by atomic mass is 10.2. The van der Waals surface area contributed by atoms with Gasteiger partial charge in [-0.3, -0.25) is 0 Å². The molecule has 0 aliphatic carbocycles. The van der Waals surface area contributed by atoms with Gasteiger partial charge in [0.25, 0.3) is 0 Å². The Balaban J connectivity index is 3.48. The molecule has 0 aliphatic heterocycles. The topological polar surface area (TPSA) is 55.4 Å². The van der Waals surface area contributed by atoms with E-state index in [9.17, 15) is 8.42 Å². The fourth-order valence-electron chi connectivity index (χ4n) is 1.12. The standard InChI is InChI=1S/C9H12ClNO3S/c1-6-4-8(14-3)9(5-7(6)10)15(12,13)11-2/h4-5,11H,1-3H3. The summed E-state index contributed by atoms with van der Waals surface area (Å²) in [7, 11) is -0.790. The SMILES string of the molecule is CNS(=O)(=O)c1cc(Cl)c(C)cc1OC. The zero-order chi connectivity index (χ0) is 11.6. The summed E-state index contributed by atoms with van der Waals surface area (Å²) in [6.45, 7) is 1.78. The zero-order valence-corrected chi connectivity index (χ0v) is 10.2. The third-order valence-corrected chi connectivity index (χ3v) is 3.85. The van der Waals surface area contributed by atoms with Gasteiger partial charge in [-0.2, -0.15) is 0 Å². The molecule has 1 aromatic rings. The van der Waals surface area contributed by atoms with E-state index in [4.69, 9.17) is 16.3 Å². The zero-order valence-electron chi connectivity index (χ0n) is 8.67. The molecule has 0 fully saturated rings. The predicted octanol–water partition coefficient (Wildman–Crippen LogP) is 1.57. The second kappa shape index (κ2) is 4.38. The summed E-state index contributed by atoms with van der Waals surface area (Å²) in [5.41, 5.74) is 0.767. The smallest absolute Gasteiger partial charge is 0.244 e. The van der Waals surface area contributed by atoms with Gasteiger partial charge in [-0.15, -0.1) is 0 Å². The van der Waals surface area contributed by atoms with Crippen molar-refractivity contribution < 1.29 is 13.2 Å². The Labute approximate surface area is 94.3 Å². The summed E-state index contributed by atoms with van der Waals surface area (Å²) in [5, 5.41) is 0.393. The van der Waals surface area contributed by atoms with E-state index < -0.39 is 10.0 Å². The van der Waals surface area contributed by atoms with Gasteiger partial charge in [0, 0.05) is 5.02 Å². The Kier molecular flexibility index (Phi) is 3.59. The number of hydrogen-bond acceptors (Lipinski definition) is 3. The lowest BCUT2D eigenvalue weighted by molar-refractivity contribution is 0.402. The van der Waals surface area contributed by atoms with Crippen molar-refractivity contribution in [2.45, 2.75) is 11.8 Å². The molecule has 0 bridgehead atoms. The quantitative estimate of drug-likeness (QED) is 0.885. The first-order valence-corrected chi connectivity index (χ1v) is 6.06. The van der Waals surface area contributed by atoms with Crippen molar-refractivity contribution in [2.75, 3.05) is 14.2 Å². The first kappa shape index (κ1) is 12.3. The first-order chi connectivity index (χ1) is 6.92. The van der Waals surface area contributed by atoms with Crippen LogP contribution in [0, 0.1) is 6.92 Å². The largest absolute Gasteiger partial charge is 0.495 e. The number of rotatable bonds is 3. The number of aryl methyl sites for hydroxylation is 1. The molecular formula is C9H12ClNO3S. The molecule has 1 rings (SSSR count). The van der Waals surface area contributed by atoms with Crippen molar-refractivity contribution in [3.8, 4) is 5.75 Å². The van der Waals surface area contributed by atoms with E-state index in [1.54, 1.807) is 13.0 Å². The van der Waals surface area contributed by atoms with E-state index in [2.05, 4.69) is 4.72 Å². The van der Waals surface area contributed by atoms with Crippen LogP contribution in [0.25, 0.3) is 0 Å². The Morgan fingerprint density at radius 1 is 1.40 bits per heavy atom. The molecule has 0 unspecified atom stereocenters. The van der Waals surface area contributed by atoms with Gasteiger partial charge < -0.3 is 4.74 Å². The van der Waals surface area contributed by atoms with Crippen LogP contribution in [0.4, 0.5) is 0 Å². The minimum atomic E-state index is -3.54. The van der Waals surface area contributed by atoms with Gasteiger partial charge >= 0.3 is 0 Å². The third-order valence-electron chi connectivity index (χ3n) is 2.00.